The lowest BCUT2D eigenvalue weighted by molar-refractivity contribution is 0.164. The van der Waals surface area contributed by atoms with Gasteiger partial charge in [-0.25, -0.2) is 0 Å². The van der Waals surface area contributed by atoms with Crippen LogP contribution in [0.4, 0.5) is 0 Å². The monoisotopic (exact) mass is 304 g/mol. The first-order valence-corrected chi connectivity index (χ1v) is 7.34. The van der Waals surface area contributed by atoms with Gasteiger partial charge < -0.3 is 14.6 Å². The van der Waals surface area contributed by atoms with Crippen LogP contribution in [0.5, 0.6) is 11.5 Å². The van der Waals surface area contributed by atoms with Crippen molar-refractivity contribution in [2.75, 3.05) is 13.2 Å². The molecule has 1 aliphatic heterocycles. The molecule has 1 atom stereocenters. The zero-order valence-electron chi connectivity index (χ0n) is 11.8. The quantitative estimate of drug-likeness (QED) is 0.940. The number of aryl methyl sites for hydroxylation is 1. The molecule has 0 spiro atoms. The van der Waals surface area contributed by atoms with Crippen LogP contribution >= 0.6 is 11.6 Å². The molecule has 0 saturated carbocycles. The van der Waals surface area contributed by atoms with E-state index in [4.69, 9.17) is 21.1 Å². The van der Waals surface area contributed by atoms with Crippen LogP contribution in [-0.4, -0.2) is 18.3 Å². The van der Waals surface area contributed by atoms with Gasteiger partial charge in [0, 0.05) is 11.4 Å². The second kappa shape index (κ2) is 5.96. The summed E-state index contributed by atoms with van der Waals surface area (Å²) in [7, 11) is 0. The SMILES string of the molecule is Cc1ccc(CC(O)c2ccc3c(c2)OCCO3)c(Cl)c1. The summed E-state index contributed by atoms with van der Waals surface area (Å²) in [6.45, 7) is 3.09. The van der Waals surface area contributed by atoms with Crippen LogP contribution in [0.15, 0.2) is 36.4 Å². The zero-order valence-corrected chi connectivity index (χ0v) is 12.6. The first-order valence-electron chi connectivity index (χ1n) is 6.96. The van der Waals surface area contributed by atoms with E-state index in [1.807, 2.05) is 43.3 Å². The smallest absolute Gasteiger partial charge is 0.161 e. The standard InChI is InChI=1S/C17H17ClO3/c1-11-2-3-12(14(18)8-11)9-15(19)13-4-5-16-17(10-13)21-7-6-20-16/h2-5,8,10,15,19H,6-7,9H2,1H3. The van der Waals surface area contributed by atoms with Crippen molar-refractivity contribution in [3.8, 4) is 11.5 Å². The molecule has 0 aliphatic carbocycles. The van der Waals surface area contributed by atoms with Crippen molar-refractivity contribution in [3.05, 3.63) is 58.1 Å². The summed E-state index contributed by atoms with van der Waals surface area (Å²) in [6, 6.07) is 11.4. The molecular weight excluding hydrogens is 288 g/mol. The molecule has 0 aromatic heterocycles. The van der Waals surface area contributed by atoms with Gasteiger partial charge in [0.15, 0.2) is 11.5 Å². The molecule has 3 nitrogen and oxygen atoms in total. The van der Waals surface area contributed by atoms with E-state index >= 15 is 0 Å². The molecule has 1 unspecified atom stereocenters. The van der Waals surface area contributed by atoms with E-state index in [0.29, 0.717) is 30.4 Å². The minimum absolute atomic E-state index is 0.471. The highest BCUT2D eigenvalue weighted by Crippen LogP contribution is 2.34. The van der Waals surface area contributed by atoms with Gasteiger partial charge in [0.2, 0.25) is 0 Å². The van der Waals surface area contributed by atoms with Crippen molar-refractivity contribution in [1.82, 2.24) is 0 Å². The minimum Gasteiger partial charge on any atom is -0.486 e. The normalized spacial score (nSPS) is 14.8. The molecule has 1 N–H and O–H groups in total. The van der Waals surface area contributed by atoms with E-state index < -0.39 is 6.10 Å². The Bertz CT molecular complexity index is 654. The number of hydrogen-bond donors (Lipinski definition) is 1. The van der Waals surface area contributed by atoms with Crippen LogP contribution in [0.2, 0.25) is 5.02 Å². The third-order valence-corrected chi connectivity index (χ3v) is 3.92. The maximum absolute atomic E-state index is 10.4. The molecule has 1 heterocycles. The highest BCUT2D eigenvalue weighted by atomic mass is 35.5. The van der Waals surface area contributed by atoms with Gasteiger partial charge >= 0.3 is 0 Å². The summed E-state index contributed by atoms with van der Waals surface area (Å²) in [5.74, 6) is 1.42. The van der Waals surface area contributed by atoms with Crippen LogP contribution in [0.25, 0.3) is 0 Å². The average molecular weight is 305 g/mol. The summed E-state index contributed by atoms with van der Waals surface area (Å²) < 4.78 is 11.0. The number of halogens is 1. The molecule has 21 heavy (non-hydrogen) atoms. The Labute approximate surface area is 129 Å². The van der Waals surface area contributed by atoms with Crippen molar-refractivity contribution < 1.29 is 14.6 Å². The van der Waals surface area contributed by atoms with E-state index in [2.05, 4.69) is 0 Å². The topological polar surface area (TPSA) is 38.7 Å². The van der Waals surface area contributed by atoms with Crippen LogP contribution in [0, 0.1) is 6.92 Å². The largest absolute Gasteiger partial charge is 0.486 e. The van der Waals surface area contributed by atoms with Crippen molar-refractivity contribution in [1.29, 1.82) is 0 Å². The fourth-order valence-electron chi connectivity index (χ4n) is 2.41. The van der Waals surface area contributed by atoms with Crippen LogP contribution in [0.3, 0.4) is 0 Å². The lowest BCUT2D eigenvalue weighted by atomic mass is 10.00. The Morgan fingerprint density at radius 3 is 2.62 bits per heavy atom. The third kappa shape index (κ3) is 3.14. The molecule has 110 valence electrons. The first-order chi connectivity index (χ1) is 10.1. The van der Waals surface area contributed by atoms with Crippen molar-refractivity contribution in [2.45, 2.75) is 19.4 Å². The summed E-state index contributed by atoms with van der Waals surface area (Å²) >= 11 is 6.22. The van der Waals surface area contributed by atoms with E-state index in [-0.39, 0.29) is 0 Å². The van der Waals surface area contributed by atoms with Crippen molar-refractivity contribution in [2.24, 2.45) is 0 Å². The molecule has 0 fully saturated rings. The highest BCUT2D eigenvalue weighted by Gasteiger charge is 2.16. The van der Waals surface area contributed by atoms with E-state index in [0.717, 1.165) is 22.4 Å². The average Bonchev–Trinajstić information content (AvgIpc) is 2.49. The Morgan fingerprint density at radius 2 is 1.86 bits per heavy atom. The molecule has 1 aliphatic rings. The lowest BCUT2D eigenvalue weighted by Gasteiger charge is -2.20. The van der Waals surface area contributed by atoms with Crippen LogP contribution < -0.4 is 9.47 Å². The molecule has 3 rings (SSSR count). The van der Waals surface area contributed by atoms with Gasteiger partial charge in [0.25, 0.3) is 0 Å². The molecule has 2 aromatic rings. The Morgan fingerprint density at radius 1 is 1.10 bits per heavy atom. The van der Waals surface area contributed by atoms with Crippen LogP contribution in [0.1, 0.15) is 22.8 Å². The van der Waals surface area contributed by atoms with E-state index in [1.165, 1.54) is 0 Å². The molecule has 0 saturated heterocycles. The van der Waals surface area contributed by atoms with Gasteiger partial charge in [-0.15, -0.1) is 0 Å². The Hall–Kier alpha value is -1.71. The van der Waals surface area contributed by atoms with Gasteiger partial charge in [-0.1, -0.05) is 29.8 Å². The summed E-state index contributed by atoms with van der Waals surface area (Å²) in [5.41, 5.74) is 2.85. The maximum Gasteiger partial charge on any atom is 0.161 e. The Kier molecular flexibility index (Phi) is 4.04. The lowest BCUT2D eigenvalue weighted by Crippen LogP contribution is -2.15. The van der Waals surface area contributed by atoms with Gasteiger partial charge in [0.05, 0.1) is 6.10 Å². The Balaban J connectivity index is 1.80. The number of benzene rings is 2. The van der Waals surface area contributed by atoms with Crippen LogP contribution in [-0.2, 0) is 6.42 Å². The molecule has 0 radical (unpaired) electrons. The van der Waals surface area contributed by atoms with E-state index in [1.54, 1.807) is 0 Å². The van der Waals surface area contributed by atoms with Gasteiger partial charge in [-0.2, -0.15) is 0 Å². The predicted molar refractivity (Wildman–Crippen MR) is 82.3 cm³/mol. The van der Waals surface area contributed by atoms with Gasteiger partial charge in [-0.05, 0) is 41.8 Å². The second-order valence-electron chi connectivity index (χ2n) is 5.22. The first kappa shape index (κ1) is 14.2. The fraction of sp³-hybridized carbons (Fsp3) is 0.294. The molecule has 4 heteroatoms. The number of aliphatic hydroxyl groups is 1. The third-order valence-electron chi connectivity index (χ3n) is 3.57. The molecule has 0 amide bonds. The van der Waals surface area contributed by atoms with Gasteiger partial charge in [0.1, 0.15) is 13.2 Å². The maximum atomic E-state index is 10.4. The van der Waals surface area contributed by atoms with E-state index in [9.17, 15) is 5.11 Å². The van der Waals surface area contributed by atoms with Gasteiger partial charge in [-0.3, -0.25) is 0 Å². The number of aliphatic hydroxyl groups excluding tert-OH is 1. The second-order valence-corrected chi connectivity index (χ2v) is 5.63. The highest BCUT2D eigenvalue weighted by molar-refractivity contribution is 6.31. The fourth-order valence-corrected chi connectivity index (χ4v) is 2.72. The molecule has 0 bridgehead atoms. The predicted octanol–water partition coefficient (Wildman–Crippen LogP) is 3.70. The van der Waals surface area contributed by atoms with Crippen molar-refractivity contribution >= 4 is 11.6 Å². The van der Waals surface area contributed by atoms with Crippen molar-refractivity contribution in [3.63, 3.8) is 0 Å². The number of hydrogen-bond acceptors (Lipinski definition) is 3. The number of rotatable bonds is 3. The number of ether oxygens (including phenoxy) is 2. The molecule has 2 aromatic carbocycles. The zero-order chi connectivity index (χ0) is 14.8. The molecular formula is C17H17ClO3. The summed E-state index contributed by atoms with van der Waals surface area (Å²) in [4.78, 5) is 0. The summed E-state index contributed by atoms with van der Waals surface area (Å²) in [5, 5.41) is 11.1. The minimum atomic E-state index is -0.624. The summed E-state index contributed by atoms with van der Waals surface area (Å²) in [6.07, 6.45) is -0.153. The number of fused-ring (bicyclic) bond motifs is 1.